The Morgan fingerprint density at radius 1 is 1.26 bits per heavy atom. The van der Waals surface area contributed by atoms with Crippen molar-refractivity contribution in [2.45, 2.75) is 32.5 Å². The van der Waals surface area contributed by atoms with Gasteiger partial charge in [0, 0.05) is 24.4 Å². The summed E-state index contributed by atoms with van der Waals surface area (Å²) in [4.78, 5) is 27.1. The lowest BCUT2D eigenvalue weighted by Gasteiger charge is -2.49. The lowest BCUT2D eigenvalue weighted by molar-refractivity contribution is -0.129. The number of nitrogens with zero attached hydrogens (tertiary/aromatic N) is 4. The smallest absolute Gasteiger partial charge is 0.274 e. The van der Waals surface area contributed by atoms with Gasteiger partial charge in [-0.3, -0.25) is 14.8 Å². The van der Waals surface area contributed by atoms with Gasteiger partial charge in [0.25, 0.3) is 5.91 Å². The fraction of sp³-hybridized carbons (Fsp3) is 0.500. The third-order valence-corrected chi connectivity index (χ3v) is 5.32. The van der Waals surface area contributed by atoms with Crippen molar-refractivity contribution in [2.75, 3.05) is 26.3 Å². The number of rotatable bonds is 5. The zero-order valence-corrected chi connectivity index (χ0v) is 15.7. The predicted molar refractivity (Wildman–Crippen MR) is 98.1 cm³/mol. The average molecular weight is 368 g/mol. The molecule has 2 aliphatic rings. The van der Waals surface area contributed by atoms with E-state index in [1.54, 1.807) is 11.1 Å². The summed E-state index contributed by atoms with van der Waals surface area (Å²) >= 11 is 0. The highest BCUT2D eigenvalue weighted by atomic mass is 16.5. The second-order valence-electron chi connectivity index (χ2n) is 7.39. The summed E-state index contributed by atoms with van der Waals surface area (Å²) in [7, 11) is 0. The van der Waals surface area contributed by atoms with Gasteiger partial charge < -0.3 is 14.4 Å². The second-order valence-corrected chi connectivity index (χ2v) is 7.39. The minimum absolute atomic E-state index is 0.0905. The van der Waals surface area contributed by atoms with Crippen LogP contribution in [0.1, 0.15) is 34.0 Å². The Bertz CT molecular complexity index is 818. The van der Waals surface area contributed by atoms with Crippen molar-refractivity contribution in [1.82, 2.24) is 19.9 Å². The van der Waals surface area contributed by atoms with Crippen LogP contribution in [0.2, 0.25) is 0 Å². The van der Waals surface area contributed by atoms with Crippen LogP contribution in [-0.4, -0.2) is 57.7 Å². The van der Waals surface area contributed by atoms with Crippen molar-refractivity contribution in [2.24, 2.45) is 5.92 Å². The van der Waals surface area contributed by atoms with E-state index in [-0.39, 0.29) is 17.4 Å². The molecule has 2 aliphatic heterocycles. The van der Waals surface area contributed by atoms with Crippen molar-refractivity contribution < 1.29 is 14.3 Å². The maximum absolute atomic E-state index is 12.5. The van der Waals surface area contributed by atoms with Crippen LogP contribution in [0.3, 0.4) is 0 Å². The van der Waals surface area contributed by atoms with Gasteiger partial charge in [-0.2, -0.15) is 0 Å². The van der Waals surface area contributed by atoms with E-state index in [1.165, 1.54) is 6.20 Å². The Labute approximate surface area is 158 Å². The van der Waals surface area contributed by atoms with Crippen LogP contribution in [0.15, 0.2) is 30.6 Å². The maximum atomic E-state index is 12.5. The highest BCUT2D eigenvalue weighted by Gasteiger charge is 2.54. The number of aromatic nitrogens is 3. The van der Waals surface area contributed by atoms with Crippen LogP contribution in [0.4, 0.5) is 0 Å². The largest absolute Gasteiger partial charge is 0.375 e. The standard InChI is InChI=1S/C20H24N4O3/c1-14-4-3-5-17(23-14)11-26-10-16-6-7-27-20(16)12-24(13-20)19(25)18-9-21-15(2)8-22-18/h3-5,8-9,16H,6-7,10-13H2,1-2H3/t16-/m1/s1. The molecule has 7 nitrogen and oxygen atoms in total. The summed E-state index contributed by atoms with van der Waals surface area (Å²) in [5, 5.41) is 0. The quantitative estimate of drug-likeness (QED) is 0.803. The van der Waals surface area contributed by atoms with Gasteiger partial charge in [-0.15, -0.1) is 0 Å². The molecule has 2 fully saturated rings. The lowest BCUT2D eigenvalue weighted by atomic mass is 9.81. The van der Waals surface area contributed by atoms with Crippen LogP contribution < -0.4 is 0 Å². The highest BCUT2D eigenvalue weighted by Crippen LogP contribution is 2.40. The first-order chi connectivity index (χ1) is 13.1. The number of hydrogen-bond donors (Lipinski definition) is 0. The fourth-order valence-electron chi connectivity index (χ4n) is 3.76. The molecule has 7 heteroatoms. The number of carbonyl (C=O) groups is 1. The Morgan fingerprint density at radius 3 is 2.85 bits per heavy atom. The zero-order valence-electron chi connectivity index (χ0n) is 15.7. The summed E-state index contributed by atoms with van der Waals surface area (Å²) < 4.78 is 11.9. The van der Waals surface area contributed by atoms with Crippen LogP contribution in [0, 0.1) is 19.8 Å². The van der Waals surface area contributed by atoms with E-state index < -0.39 is 0 Å². The van der Waals surface area contributed by atoms with Crippen molar-refractivity contribution in [3.05, 3.63) is 53.4 Å². The molecule has 4 rings (SSSR count). The van der Waals surface area contributed by atoms with Gasteiger partial charge in [0.15, 0.2) is 0 Å². The molecule has 2 aromatic heterocycles. The molecule has 0 saturated carbocycles. The molecule has 1 spiro atoms. The second kappa shape index (κ2) is 7.32. The predicted octanol–water partition coefficient (Wildman–Crippen LogP) is 1.94. The van der Waals surface area contributed by atoms with Gasteiger partial charge in [0.05, 0.1) is 43.9 Å². The fourth-order valence-corrected chi connectivity index (χ4v) is 3.76. The molecule has 2 saturated heterocycles. The summed E-state index contributed by atoms with van der Waals surface area (Å²) in [6.45, 7) is 6.81. The number of ether oxygens (including phenoxy) is 2. The van der Waals surface area contributed by atoms with E-state index in [4.69, 9.17) is 9.47 Å². The molecule has 0 bridgehead atoms. The van der Waals surface area contributed by atoms with Gasteiger partial charge in [0.1, 0.15) is 11.3 Å². The van der Waals surface area contributed by atoms with Crippen molar-refractivity contribution in [1.29, 1.82) is 0 Å². The van der Waals surface area contributed by atoms with Gasteiger partial charge in [-0.05, 0) is 32.4 Å². The van der Waals surface area contributed by atoms with E-state index in [2.05, 4.69) is 15.0 Å². The van der Waals surface area contributed by atoms with Gasteiger partial charge in [-0.1, -0.05) is 6.07 Å². The van der Waals surface area contributed by atoms with Crippen molar-refractivity contribution in [3.8, 4) is 0 Å². The monoisotopic (exact) mass is 368 g/mol. The molecule has 1 atom stereocenters. The summed E-state index contributed by atoms with van der Waals surface area (Å²) in [6.07, 6.45) is 4.10. The molecule has 1 amide bonds. The molecule has 0 radical (unpaired) electrons. The zero-order chi connectivity index (χ0) is 18.9. The van der Waals surface area contributed by atoms with E-state index in [0.29, 0.717) is 38.6 Å². The van der Waals surface area contributed by atoms with Crippen LogP contribution in [0.25, 0.3) is 0 Å². The third-order valence-electron chi connectivity index (χ3n) is 5.32. The van der Waals surface area contributed by atoms with E-state index in [0.717, 1.165) is 23.5 Å². The number of amides is 1. The highest BCUT2D eigenvalue weighted by molar-refractivity contribution is 5.92. The molecule has 2 aromatic rings. The number of pyridine rings is 1. The number of likely N-dealkylation sites (tertiary alicyclic amines) is 1. The number of aryl methyl sites for hydroxylation is 2. The van der Waals surface area contributed by atoms with Crippen molar-refractivity contribution in [3.63, 3.8) is 0 Å². The van der Waals surface area contributed by atoms with Crippen LogP contribution in [-0.2, 0) is 16.1 Å². The van der Waals surface area contributed by atoms with Crippen LogP contribution >= 0.6 is 0 Å². The minimum Gasteiger partial charge on any atom is -0.375 e. The van der Waals surface area contributed by atoms with E-state index in [1.807, 2.05) is 32.0 Å². The SMILES string of the molecule is Cc1cnc(C(=O)N2CC3(C2)OCC[C@@H]3COCc2cccc(C)n2)cn1. The van der Waals surface area contributed by atoms with Gasteiger partial charge >= 0.3 is 0 Å². The molecular weight excluding hydrogens is 344 g/mol. The summed E-state index contributed by atoms with van der Waals surface area (Å²) in [6, 6.07) is 5.94. The average Bonchev–Trinajstić information content (AvgIpc) is 3.05. The first-order valence-corrected chi connectivity index (χ1v) is 9.28. The minimum atomic E-state index is -0.284. The Morgan fingerprint density at radius 2 is 2.11 bits per heavy atom. The van der Waals surface area contributed by atoms with E-state index >= 15 is 0 Å². The Balaban J connectivity index is 1.31. The van der Waals surface area contributed by atoms with Gasteiger partial charge in [-0.25, -0.2) is 4.98 Å². The van der Waals surface area contributed by atoms with Gasteiger partial charge in [0.2, 0.25) is 0 Å². The topological polar surface area (TPSA) is 77.4 Å². The first kappa shape index (κ1) is 18.0. The Kier molecular flexibility index (Phi) is 4.88. The molecule has 0 N–H and O–H groups in total. The maximum Gasteiger partial charge on any atom is 0.274 e. The first-order valence-electron chi connectivity index (χ1n) is 9.28. The van der Waals surface area contributed by atoms with E-state index in [9.17, 15) is 4.79 Å². The summed E-state index contributed by atoms with van der Waals surface area (Å²) in [5.41, 5.74) is 2.82. The van der Waals surface area contributed by atoms with Crippen molar-refractivity contribution >= 4 is 5.91 Å². The lowest BCUT2D eigenvalue weighted by Crippen LogP contribution is -2.66. The number of carbonyl (C=O) groups excluding carboxylic acids is 1. The molecule has 0 aromatic carbocycles. The Hall–Kier alpha value is -2.38. The van der Waals surface area contributed by atoms with Crippen LogP contribution in [0.5, 0.6) is 0 Å². The molecule has 0 unspecified atom stereocenters. The summed E-state index contributed by atoms with van der Waals surface area (Å²) in [5.74, 6) is 0.197. The third kappa shape index (κ3) is 3.70. The molecule has 27 heavy (non-hydrogen) atoms. The molecular formula is C20H24N4O3. The number of hydrogen-bond acceptors (Lipinski definition) is 6. The molecule has 142 valence electrons. The molecule has 0 aliphatic carbocycles. The molecule has 4 heterocycles. The normalized spacial score (nSPS) is 20.7.